The zero-order valence-corrected chi connectivity index (χ0v) is 12.1. The second-order valence-electron chi connectivity index (χ2n) is 4.93. The van der Waals surface area contributed by atoms with Gasteiger partial charge in [-0.2, -0.15) is 0 Å². The van der Waals surface area contributed by atoms with E-state index in [9.17, 15) is 13.6 Å². The summed E-state index contributed by atoms with van der Waals surface area (Å²) < 4.78 is 27.0. The summed E-state index contributed by atoms with van der Waals surface area (Å²) in [4.78, 5) is 16.8. The third-order valence-corrected chi connectivity index (χ3v) is 2.60. The second-order valence-corrected chi connectivity index (χ2v) is 4.93. The third kappa shape index (κ3) is 4.32. The number of anilines is 2. The molecule has 0 aliphatic rings. The number of nitrogens with one attached hydrogen (secondary N) is 2. The van der Waals surface area contributed by atoms with Gasteiger partial charge in [-0.15, -0.1) is 0 Å². The lowest BCUT2D eigenvalue weighted by Crippen LogP contribution is -2.37. The summed E-state index contributed by atoms with van der Waals surface area (Å²) >= 11 is 0. The normalized spacial score (nSPS) is 10.6. The topological polar surface area (TPSA) is 57.3 Å². The molecule has 0 fully saturated rings. The molecule has 0 spiro atoms. The van der Waals surface area contributed by atoms with Gasteiger partial charge in [0, 0.05) is 26.7 Å². The molecule has 1 rings (SSSR count). The van der Waals surface area contributed by atoms with Gasteiger partial charge in [-0.3, -0.25) is 4.79 Å². The van der Waals surface area contributed by atoms with Crippen LogP contribution in [-0.4, -0.2) is 38.1 Å². The van der Waals surface area contributed by atoms with Crippen LogP contribution in [0.2, 0.25) is 0 Å². The van der Waals surface area contributed by atoms with Crippen LogP contribution in [0.5, 0.6) is 0 Å². The number of halogens is 2. The molecular weight excluding hydrogens is 266 g/mol. The molecule has 0 unspecified atom stereocenters. The number of hydrogen-bond acceptors (Lipinski definition) is 4. The van der Waals surface area contributed by atoms with Gasteiger partial charge >= 0.3 is 0 Å². The summed E-state index contributed by atoms with van der Waals surface area (Å²) in [5.74, 6) is -1.61. The first kappa shape index (κ1) is 16.1. The third-order valence-electron chi connectivity index (χ3n) is 2.60. The first-order chi connectivity index (χ1) is 9.35. The molecule has 1 amide bonds. The van der Waals surface area contributed by atoms with E-state index in [0.717, 1.165) is 6.07 Å². The summed E-state index contributed by atoms with van der Waals surface area (Å²) in [5.41, 5.74) is 0. The van der Waals surface area contributed by atoms with Crippen LogP contribution in [0.25, 0.3) is 0 Å². The van der Waals surface area contributed by atoms with Gasteiger partial charge in [0.1, 0.15) is 0 Å². The largest absolute Gasteiger partial charge is 0.371 e. The van der Waals surface area contributed by atoms with Gasteiger partial charge in [0.25, 0.3) is 0 Å². The van der Waals surface area contributed by atoms with E-state index < -0.39 is 11.6 Å². The fourth-order valence-corrected chi connectivity index (χ4v) is 1.56. The number of amides is 1. The van der Waals surface area contributed by atoms with E-state index in [1.54, 1.807) is 0 Å². The van der Waals surface area contributed by atoms with Gasteiger partial charge in [-0.1, -0.05) is 13.8 Å². The minimum atomic E-state index is -0.805. The molecule has 1 aromatic heterocycles. The van der Waals surface area contributed by atoms with Gasteiger partial charge in [0.2, 0.25) is 5.91 Å². The van der Waals surface area contributed by atoms with E-state index in [1.807, 2.05) is 13.8 Å². The van der Waals surface area contributed by atoms with Crippen LogP contribution in [-0.2, 0) is 4.79 Å². The monoisotopic (exact) mass is 286 g/mol. The fourth-order valence-electron chi connectivity index (χ4n) is 1.56. The van der Waals surface area contributed by atoms with Crippen molar-refractivity contribution in [1.82, 2.24) is 10.3 Å². The molecule has 0 saturated heterocycles. The number of rotatable bonds is 6. The Hall–Kier alpha value is -1.92. The van der Waals surface area contributed by atoms with Crippen LogP contribution in [0.3, 0.4) is 0 Å². The Bertz CT molecular complexity index is 480. The second kappa shape index (κ2) is 7.02. The molecule has 2 N–H and O–H groups in total. The number of likely N-dealkylation sites (N-methyl/N-ethyl adjacent to an activating group) is 1. The smallest absolute Gasteiger partial charge is 0.239 e. The summed E-state index contributed by atoms with van der Waals surface area (Å²) in [6, 6.07) is 0.747. The standard InChI is InChI=1S/C13H20F2N4O/c1-8(2)6-17-11(20)7-19(4)13-10(15)5-9(14)12(16-3)18-13/h5,8H,6-7H2,1-4H3,(H,16,18)(H,17,20). The number of pyridine rings is 1. The molecule has 0 atom stereocenters. The van der Waals surface area contributed by atoms with Crippen molar-refractivity contribution in [2.45, 2.75) is 13.8 Å². The first-order valence-corrected chi connectivity index (χ1v) is 6.36. The van der Waals surface area contributed by atoms with E-state index in [4.69, 9.17) is 0 Å². The summed E-state index contributed by atoms with van der Waals surface area (Å²) in [5, 5.41) is 5.25. The van der Waals surface area contributed by atoms with Crippen molar-refractivity contribution in [3.05, 3.63) is 17.7 Å². The summed E-state index contributed by atoms with van der Waals surface area (Å²) in [7, 11) is 3.01. The van der Waals surface area contributed by atoms with Gasteiger partial charge in [0.05, 0.1) is 6.54 Å². The van der Waals surface area contributed by atoms with E-state index in [2.05, 4.69) is 15.6 Å². The van der Waals surface area contributed by atoms with Gasteiger partial charge < -0.3 is 15.5 Å². The molecule has 0 aromatic carbocycles. The molecule has 0 radical (unpaired) electrons. The molecule has 1 aromatic rings. The van der Waals surface area contributed by atoms with E-state index in [1.165, 1.54) is 19.0 Å². The highest BCUT2D eigenvalue weighted by Crippen LogP contribution is 2.20. The predicted octanol–water partition coefficient (Wildman–Crippen LogP) is 1.61. The SMILES string of the molecule is CNc1nc(N(C)CC(=O)NCC(C)C)c(F)cc1F. The molecule has 5 nitrogen and oxygen atoms in total. The van der Waals surface area contributed by atoms with Crippen molar-refractivity contribution in [2.24, 2.45) is 5.92 Å². The quantitative estimate of drug-likeness (QED) is 0.834. The van der Waals surface area contributed by atoms with Gasteiger partial charge in [-0.25, -0.2) is 13.8 Å². The van der Waals surface area contributed by atoms with Crippen molar-refractivity contribution in [2.75, 3.05) is 37.4 Å². The molecule has 0 aliphatic heterocycles. The maximum Gasteiger partial charge on any atom is 0.239 e. The Balaban J connectivity index is 2.76. The molecule has 0 bridgehead atoms. The Morgan fingerprint density at radius 2 is 2.05 bits per heavy atom. The first-order valence-electron chi connectivity index (χ1n) is 6.36. The Morgan fingerprint density at radius 1 is 1.40 bits per heavy atom. The van der Waals surface area contributed by atoms with Crippen molar-refractivity contribution in [3.8, 4) is 0 Å². The van der Waals surface area contributed by atoms with Crippen LogP contribution in [0.1, 0.15) is 13.8 Å². The fraction of sp³-hybridized carbons (Fsp3) is 0.538. The van der Waals surface area contributed by atoms with E-state index in [-0.39, 0.29) is 24.1 Å². The van der Waals surface area contributed by atoms with Crippen LogP contribution in [0, 0.1) is 17.6 Å². The Labute approximate surface area is 117 Å². The number of carbonyl (C=O) groups excluding carboxylic acids is 1. The minimum absolute atomic E-state index is 0.0502. The number of nitrogens with zero attached hydrogens (tertiary/aromatic N) is 2. The predicted molar refractivity (Wildman–Crippen MR) is 74.8 cm³/mol. The molecule has 20 heavy (non-hydrogen) atoms. The number of carbonyl (C=O) groups is 1. The zero-order chi connectivity index (χ0) is 15.3. The molecule has 0 saturated carbocycles. The maximum absolute atomic E-state index is 13.7. The van der Waals surface area contributed by atoms with Gasteiger partial charge in [-0.05, 0) is 5.92 Å². The average Bonchev–Trinajstić information content (AvgIpc) is 2.36. The highest BCUT2D eigenvalue weighted by atomic mass is 19.1. The number of hydrogen-bond donors (Lipinski definition) is 2. The minimum Gasteiger partial charge on any atom is -0.371 e. The van der Waals surface area contributed by atoms with Crippen LogP contribution >= 0.6 is 0 Å². The molecule has 0 aliphatic carbocycles. The van der Waals surface area contributed by atoms with Gasteiger partial charge in [0.15, 0.2) is 23.3 Å². The summed E-state index contributed by atoms with van der Waals surface area (Å²) in [6.45, 7) is 4.45. The number of aromatic nitrogens is 1. The van der Waals surface area contributed by atoms with Crippen LogP contribution in [0.15, 0.2) is 6.07 Å². The highest BCUT2D eigenvalue weighted by molar-refractivity contribution is 5.81. The Morgan fingerprint density at radius 3 is 2.60 bits per heavy atom. The molecule has 112 valence electrons. The summed E-state index contributed by atoms with van der Waals surface area (Å²) in [6.07, 6.45) is 0. The van der Waals surface area contributed by atoms with E-state index in [0.29, 0.717) is 12.5 Å². The zero-order valence-electron chi connectivity index (χ0n) is 12.1. The lowest BCUT2D eigenvalue weighted by molar-refractivity contribution is -0.119. The van der Waals surface area contributed by atoms with E-state index >= 15 is 0 Å². The maximum atomic E-state index is 13.7. The lowest BCUT2D eigenvalue weighted by atomic mass is 10.2. The highest BCUT2D eigenvalue weighted by Gasteiger charge is 2.16. The van der Waals surface area contributed by atoms with Crippen molar-refractivity contribution >= 4 is 17.5 Å². The van der Waals surface area contributed by atoms with Crippen molar-refractivity contribution in [1.29, 1.82) is 0 Å². The Kier molecular flexibility index (Phi) is 5.66. The lowest BCUT2D eigenvalue weighted by Gasteiger charge is -2.19. The van der Waals surface area contributed by atoms with Crippen molar-refractivity contribution < 1.29 is 13.6 Å². The molecule has 7 heteroatoms. The van der Waals surface area contributed by atoms with Crippen LogP contribution in [0.4, 0.5) is 20.4 Å². The van der Waals surface area contributed by atoms with Crippen LogP contribution < -0.4 is 15.5 Å². The molecule has 1 heterocycles. The van der Waals surface area contributed by atoms with Crippen molar-refractivity contribution in [3.63, 3.8) is 0 Å². The molecular formula is C13H20F2N4O. The average molecular weight is 286 g/mol.